The summed E-state index contributed by atoms with van der Waals surface area (Å²) in [6.07, 6.45) is -0.816. The number of ether oxygens (including phenoxy) is 1. The third-order valence-electron chi connectivity index (χ3n) is 5.08. The number of piperidine rings is 1. The maximum absolute atomic E-state index is 12.8. The van der Waals surface area contributed by atoms with Gasteiger partial charge in [-0.05, 0) is 43.0 Å². The van der Waals surface area contributed by atoms with Crippen molar-refractivity contribution in [1.29, 1.82) is 0 Å². The van der Waals surface area contributed by atoms with Gasteiger partial charge in [0.2, 0.25) is 0 Å². The topological polar surface area (TPSA) is 34.2 Å². The van der Waals surface area contributed by atoms with Gasteiger partial charge in [0.1, 0.15) is 11.3 Å². The Hall–Kier alpha value is -1.15. The predicted molar refractivity (Wildman–Crippen MR) is 94.5 cm³/mol. The number of thiophene rings is 1. The standard InChI is InChI=1S/C18H18ClF3N2OS/c1-10-7-17(16-11(4-5-25-17)6-15(19)26-16)8-13(24-10)12-2-3-14(23-9-12)18(20,21)22/h2-3,6,9-10,13,24H,4-5,7-8H2,1H3/t10-,13-,17-/m0/s1. The third-order valence-corrected chi connectivity index (χ3v) is 6.57. The van der Waals surface area contributed by atoms with E-state index in [-0.39, 0.29) is 12.1 Å². The van der Waals surface area contributed by atoms with Gasteiger partial charge in [-0.1, -0.05) is 17.7 Å². The lowest BCUT2D eigenvalue weighted by molar-refractivity contribution is -0.141. The van der Waals surface area contributed by atoms with Crippen molar-refractivity contribution in [2.24, 2.45) is 0 Å². The zero-order valence-corrected chi connectivity index (χ0v) is 15.6. The van der Waals surface area contributed by atoms with Gasteiger partial charge < -0.3 is 10.1 Å². The number of aromatic nitrogens is 1. The summed E-state index contributed by atoms with van der Waals surface area (Å²) < 4.78 is 45.3. The Morgan fingerprint density at radius 1 is 1.35 bits per heavy atom. The fraction of sp³-hybridized carbons (Fsp3) is 0.500. The molecule has 2 aliphatic rings. The third kappa shape index (κ3) is 3.26. The monoisotopic (exact) mass is 402 g/mol. The molecule has 4 heterocycles. The number of hydrogen-bond donors (Lipinski definition) is 1. The minimum atomic E-state index is -4.43. The van der Waals surface area contributed by atoms with Crippen LogP contribution in [0.15, 0.2) is 24.4 Å². The van der Waals surface area contributed by atoms with Crippen molar-refractivity contribution >= 4 is 22.9 Å². The van der Waals surface area contributed by atoms with Crippen LogP contribution in [0.3, 0.4) is 0 Å². The maximum atomic E-state index is 12.8. The molecule has 2 aromatic rings. The van der Waals surface area contributed by atoms with Crippen molar-refractivity contribution in [3.8, 4) is 0 Å². The fourth-order valence-corrected chi connectivity index (χ4v) is 5.52. The van der Waals surface area contributed by atoms with Crippen LogP contribution in [0.2, 0.25) is 4.34 Å². The van der Waals surface area contributed by atoms with Crippen molar-refractivity contribution in [2.75, 3.05) is 6.61 Å². The van der Waals surface area contributed by atoms with Crippen LogP contribution >= 0.6 is 22.9 Å². The van der Waals surface area contributed by atoms with E-state index >= 15 is 0 Å². The Kier molecular flexibility index (Phi) is 4.54. The van der Waals surface area contributed by atoms with Crippen LogP contribution in [0, 0.1) is 0 Å². The first-order valence-corrected chi connectivity index (χ1v) is 9.68. The lowest BCUT2D eigenvalue weighted by atomic mass is 9.78. The highest BCUT2D eigenvalue weighted by atomic mass is 35.5. The molecular weight excluding hydrogens is 385 g/mol. The molecule has 0 aliphatic carbocycles. The zero-order valence-electron chi connectivity index (χ0n) is 14.1. The van der Waals surface area contributed by atoms with Crippen molar-refractivity contribution in [1.82, 2.24) is 10.3 Å². The minimum absolute atomic E-state index is 0.125. The molecule has 1 spiro atoms. The summed E-state index contributed by atoms with van der Waals surface area (Å²) in [5.41, 5.74) is 0.650. The van der Waals surface area contributed by atoms with E-state index in [1.807, 2.05) is 6.07 Å². The van der Waals surface area contributed by atoms with Crippen molar-refractivity contribution in [3.05, 3.63) is 50.4 Å². The maximum Gasteiger partial charge on any atom is 0.433 e. The molecule has 1 saturated heterocycles. The molecular formula is C18H18ClF3N2OS. The summed E-state index contributed by atoms with van der Waals surface area (Å²) >= 11 is 7.78. The van der Waals surface area contributed by atoms with Gasteiger partial charge in [0.25, 0.3) is 0 Å². The molecule has 0 saturated carbocycles. The summed E-state index contributed by atoms with van der Waals surface area (Å²) in [7, 11) is 0. The van der Waals surface area contributed by atoms with Crippen molar-refractivity contribution in [3.63, 3.8) is 0 Å². The van der Waals surface area contributed by atoms with Gasteiger partial charge in [-0.15, -0.1) is 11.3 Å². The fourth-order valence-electron chi connectivity index (χ4n) is 4.05. The molecule has 1 fully saturated rings. The molecule has 0 bridgehead atoms. The Morgan fingerprint density at radius 2 is 2.15 bits per heavy atom. The van der Waals surface area contributed by atoms with Gasteiger partial charge in [0.05, 0.1) is 10.9 Å². The van der Waals surface area contributed by atoms with E-state index in [4.69, 9.17) is 16.3 Å². The normalized spacial score (nSPS) is 29.0. The van der Waals surface area contributed by atoms with E-state index in [0.29, 0.717) is 13.0 Å². The quantitative estimate of drug-likeness (QED) is 0.720. The van der Waals surface area contributed by atoms with E-state index in [1.165, 1.54) is 17.8 Å². The van der Waals surface area contributed by atoms with Crippen LogP contribution in [-0.2, 0) is 22.9 Å². The Labute approximate surface area is 158 Å². The molecule has 2 aliphatic heterocycles. The van der Waals surface area contributed by atoms with Gasteiger partial charge >= 0.3 is 6.18 Å². The molecule has 4 rings (SSSR count). The Morgan fingerprint density at radius 3 is 2.85 bits per heavy atom. The summed E-state index contributed by atoms with van der Waals surface area (Å²) in [6.45, 7) is 2.70. The van der Waals surface area contributed by atoms with E-state index in [0.717, 1.165) is 33.7 Å². The Bertz CT molecular complexity index is 808. The number of nitrogens with zero attached hydrogens (tertiary/aromatic N) is 1. The van der Waals surface area contributed by atoms with Crippen LogP contribution < -0.4 is 5.32 Å². The first-order valence-electron chi connectivity index (χ1n) is 8.49. The second-order valence-electron chi connectivity index (χ2n) is 7.00. The van der Waals surface area contributed by atoms with Gasteiger partial charge in [-0.25, -0.2) is 0 Å². The highest BCUT2D eigenvalue weighted by molar-refractivity contribution is 7.16. The predicted octanol–water partition coefficient (Wildman–Crippen LogP) is 5.10. The number of halogens is 4. The molecule has 0 unspecified atom stereocenters. The molecule has 8 heteroatoms. The van der Waals surface area contributed by atoms with Crippen molar-refractivity contribution < 1.29 is 17.9 Å². The number of fused-ring (bicyclic) bond motifs is 2. The first kappa shape index (κ1) is 18.2. The number of rotatable bonds is 1. The first-order chi connectivity index (χ1) is 12.3. The van der Waals surface area contributed by atoms with E-state index in [2.05, 4.69) is 17.2 Å². The molecule has 0 amide bonds. The minimum Gasteiger partial charge on any atom is -0.369 e. The van der Waals surface area contributed by atoms with Crippen molar-refractivity contribution in [2.45, 2.75) is 50.0 Å². The SMILES string of the molecule is C[C@H]1C[C@@]2(C[C@@H](c3ccc(C(F)(F)F)nc3)N1)OCCc1cc(Cl)sc12. The lowest BCUT2D eigenvalue weighted by Gasteiger charge is -2.46. The van der Waals surface area contributed by atoms with E-state index in [1.54, 1.807) is 11.3 Å². The molecule has 1 N–H and O–H groups in total. The average Bonchev–Trinajstić information content (AvgIpc) is 2.96. The van der Waals surface area contributed by atoms with Gasteiger partial charge in [-0.2, -0.15) is 13.2 Å². The summed E-state index contributed by atoms with van der Waals surface area (Å²) in [4.78, 5) is 4.77. The molecule has 3 atom stereocenters. The second-order valence-corrected chi connectivity index (χ2v) is 8.68. The van der Waals surface area contributed by atoms with Crippen LogP contribution in [0.25, 0.3) is 0 Å². The van der Waals surface area contributed by atoms with Crippen LogP contribution in [0.1, 0.15) is 47.5 Å². The highest BCUT2D eigenvalue weighted by Gasteiger charge is 2.46. The highest BCUT2D eigenvalue weighted by Crippen LogP contribution is 2.50. The number of hydrogen-bond acceptors (Lipinski definition) is 4. The summed E-state index contributed by atoms with van der Waals surface area (Å²) in [5, 5.41) is 3.47. The molecule has 0 radical (unpaired) electrons. The van der Waals surface area contributed by atoms with Crippen LogP contribution in [-0.4, -0.2) is 17.6 Å². The van der Waals surface area contributed by atoms with Crippen LogP contribution in [0.5, 0.6) is 0 Å². The van der Waals surface area contributed by atoms with Gasteiger partial charge in [0.15, 0.2) is 0 Å². The van der Waals surface area contributed by atoms with Gasteiger partial charge in [-0.3, -0.25) is 4.98 Å². The number of pyridine rings is 1. The smallest absolute Gasteiger partial charge is 0.369 e. The Balaban J connectivity index is 1.66. The summed E-state index contributed by atoms with van der Waals surface area (Å²) in [5.74, 6) is 0. The largest absolute Gasteiger partial charge is 0.433 e. The number of nitrogens with one attached hydrogen (secondary N) is 1. The molecule has 0 aromatic carbocycles. The molecule has 2 aromatic heterocycles. The second kappa shape index (κ2) is 6.48. The summed E-state index contributed by atoms with van der Waals surface area (Å²) in [6, 6.07) is 4.58. The lowest BCUT2D eigenvalue weighted by Crippen LogP contribution is -2.49. The molecule has 3 nitrogen and oxygen atoms in total. The molecule has 26 heavy (non-hydrogen) atoms. The van der Waals surface area contributed by atoms with Crippen LogP contribution in [0.4, 0.5) is 13.2 Å². The van der Waals surface area contributed by atoms with E-state index < -0.39 is 17.5 Å². The zero-order chi connectivity index (χ0) is 18.5. The molecule has 140 valence electrons. The van der Waals surface area contributed by atoms with Gasteiger partial charge in [0, 0.05) is 29.6 Å². The average molecular weight is 403 g/mol. The number of alkyl halides is 3. The van der Waals surface area contributed by atoms with E-state index in [9.17, 15) is 13.2 Å².